The Bertz CT molecular complexity index is 760. The second kappa shape index (κ2) is 12.9. The third-order valence-corrected chi connectivity index (χ3v) is 4.47. The van der Waals surface area contributed by atoms with E-state index in [-0.39, 0.29) is 6.61 Å². The van der Waals surface area contributed by atoms with Gasteiger partial charge in [-0.2, -0.15) is 4.39 Å². The normalized spacial score (nSPS) is 11.6. The van der Waals surface area contributed by atoms with Gasteiger partial charge in [0.15, 0.2) is 0 Å². The van der Waals surface area contributed by atoms with Crippen molar-refractivity contribution in [2.75, 3.05) is 13.2 Å². The van der Waals surface area contributed by atoms with Crippen molar-refractivity contribution in [2.24, 2.45) is 0 Å². The molecule has 28 heavy (non-hydrogen) atoms. The molecule has 152 valence electrons. The summed E-state index contributed by atoms with van der Waals surface area (Å²) < 4.78 is 23.6. The minimum Gasteiger partial charge on any atom is -0.478 e. The number of carbonyl (C=O) groups is 1. The van der Waals surface area contributed by atoms with Crippen LogP contribution in [-0.4, -0.2) is 24.2 Å². The second-order valence-corrected chi connectivity index (χ2v) is 6.73. The van der Waals surface area contributed by atoms with Crippen molar-refractivity contribution < 1.29 is 18.7 Å². The molecule has 0 aliphatic rings. The first kappa shape index (κ1) is 21.9. The summed E-state index contributed by atoms with van der Waals surface area (Å²) in [6.45, 7) is 2.55. The number of pyridine rings is 1. The van der Waals surface area contributed by atoms with Crippen LogP contribution in [0.3, 0.4) is 0 Å². The van der Waals surface area contributed by atoms with Gasteiger partial charge in [0.1, 0.15) is 0 Å². The van der Waals surface area contributed by atoms with Crippen LogP contribution in [0.15, 0.2) is 48.3 Å². The van der Waals surface area contributed by atoms with Gasteiger partial charge in [0.25, 0.3) is 0 Å². The van der Waals surface area contributed by atoms with Crippen molar-refractivity contribution in [1.29, 1.82) is 0 Å². The van der Waals surface area contributed by atoms with Crippen LogP contribution in [-0.2, 0) is 9.53 Å². The maximum Gasteiger partial charge on any atom is 0.366 e. The van der Waals surface area contributed by atoms with Gasteiger partial charge in [0.05, 0.1) is 18.7 Å². The van der Waals surface area contributed by atoms with Crippen molar-refractivity contribution in [3.63, 3.8) is 0 Å². The van der Waals surface area contributed by atoms with E-state index >= 15 is 0 Å². The lowest BCUT2D eigenvalue weighted by Gasteiger charge is -2.06. The molecule has 2 rings (SSSR count). The van der Waals surface area contributed by atoms with Crippen LogP contribution >= 0.6 is 0 Å². The third kappa shape index (κ3) is 8.07. The fourth-order valence-electron chi connectivity index (χ4n) is 2.95. The van der Waals surface area contributed by atoms with E-state index in [1.54, 1.807) is 6.92 Å². The molecule has 0 amide bonds. The van der Waals surface area contributed by atoms with Gasteiger partial charge in [-0.15, -0.1) is 0 Å². The summed E-state index contributed by atoms with van der Waals surface area (Å²) in [6, 6.07) is 12.0. The van der Waals surface area contributed by atoms with E-state index in [1.165, 1.54) is 12.5 Å². The maximum absolute atomic E-state index is 13.3. The molecule has 1 heterocycles. The van der Waals surface area contributed by atoms with Crippen LogP contribution in [0.25, 0.3) is 10.9 Å². The van der Waals surface area contributed by atoms with Gasteiger partial charge in [0.2, 0.25) is 11.7 Å². The number of fused-ring (bicyclic) bond motifs is 1. The van der Waals surface area contributed by atoms with Gasteiger partial charge in [-0.25, -0.2) is 9.78 Å². The Morgan fingerprint density at radius 3 is 2.50 bits per heavy atom. The van der Waals surface area contributed by atoms with E-state index in [9.17, 15) is 9.18 Å². The first-order valence-electron chi connectivity index (χ1n) is 10.2. The highest BCUT2D eigenvalue weighted by Gasteiger charge is 2.07. The first-order valence-corrected chi connectivity index (χ1v) is 10.2. The maximum atomic E-state index is 13.3. The topological polar surface area (TPSA) is 48.4 Å². The Labute approximate surface area is 166 Å². The number of para-hydroxylation sites is 1. The molecule has 0 bridgehead atoms. The Kier molecular flexibility index (Phi) is 10.0. The smallest absolute Gasteiger partial charge is 0.366 e. The molecular weight excluding hydrogens is 357 g/mol. The van der Waals surface area contributed by atoms with E-state index in [0.29, 0.717) is 18.9 Å². The number of unbranched alkanes of at least 4 members (excludes halogenated alkanes) is 7. The summed E-state index contributed by atoms with van der Waals surface area (Å²) in [7, 11) is 0. The average Bonchev–Trinajstić information content (AvgIpc) is 2.71. The summed E-state index contributed by atoms with van der Waals surface area (Å²) in [5.41, 5.74) is 0.956. The van der Waals surface area contributed by atoms with Crippen LogP contribution in [0.1, 0.15) is 58.3 Å². The number of hydrogen-bond acceptors (Lipinski definition) is 4. The SMILES string of the molecule is CCOC(=O)C(F)=CCCCCCCCCCOc1ccc2ccccc2n1. The number of benzene rings is 1. The molecule has 1 aromatic heterocycles. The number of aromatic nitrogens is 1. The number of esters is 1. The molecule has 0 spiro atoms. The molecule has 0 aliphatic heterocycles. The molecule has 5 heteroatoms. The first-order chi connectivity index (χ1) is 13.7. The van der Waals surface area contributed by atoms with E-state index in [2.05, 4.69) is 9.72 Å². The second-order valence-electron chi connectivity index (χ2n) is 6.73. The number of nitrogens with zero attached hydrogens (tertiary/aromatic N) is 1. The summed E-state index contributed by atoms with van der Waals surface area (Å²) >= 11 is 0. The fraction of sp³-hybridized carbons (Fsp3) is 0.478. The van der Waals surface area contributed by atoms with E-state index in [4.69, 9.17) is 4.74 Å². The van der Waals surface area contributed by atoms with Gasteiger partial charge in [-0.05, 0) is 44.4 Å². The standard InChI is InChI=1S/C23H30FNO3/c1-2-27-23(26)20(24)14-9-7-5-3-4-6-8-12-18-28-22-17-16-19-13-10-11-15-21(19)25-22/h10-11,13-17H,2-9,12,18H2,1H3. The minimum absolute atomic E-state index is 0.198. The van der Waals surface area contributed by atoms with Gasteiger partial charge < -0.3 is 9.47 Å². The third-order valence-electron chi connectivity index (χ3n) is 4.47. The molecular formula is C23H30FNO3. The molecule has 0 atom stereocenters. The highest BCUT2D eigenvalue weighted by molar-refractivity contribution is 5.85. The van der Waals surface area contributed by atoms with Crippen LogP contribution in [0.2, 0.25) is 0 Å². The predicted molar refractivity (Wildman–Crippen MR) is 110 cm³/mol. The molecule has 2 aromatic rings. The van der Waals surface area contributed by atoms with Gasteiger partial charge in [0, 0.05) is 11.5 Å². The van der Waals surface area contributed by atoms with Gasteiger partial charge in [-0.3, -0.25) is 0 Å². The van der Waals surface area contributed by atoms with Crippen LogP contribution < -0.4 is 4.74 Å². The van der Waals surface area contributed by atoms with Crippen LogP contribution in [0.5, 0.6) is 5.88 Å². The molecule has 0 radical (unpaired) electrons. The lowest BCUT2D eigenvalue weighted by molar-refractivity contribution is -0.140. The number of carbonyl (C=O) groups excluding carboxylic acids is 1. The summed E-state index contributed by atoms with van der Waals surface area (Å²) in [5.74, 6) is -0.951. The summed E-state index contributed by atoms with van der Waals surface area (Å²) in [4.78, 5) is 15.6. The van der Waals surface area contributed by atoms with Crippen molar-refractivity contribution in [1.82, 2.24) is 4.98 Å². The summed E-state index contributed by atoms with van der Waals surface area (Å²) in [6.07, 6.45) is 9.45. The molecule has 4 nitrogen and oxygen atoms in total. The van der Waals surface area contributed by atoms with Crippen LogP contribution in [0, 0.1) is 0 Å². The highest BCUT2D eigenvalue weighted by Crippen LogP contribution is 2.16. The monoisotopic (exact) mass is 387 g/mol. The largest absolute Gasteiger partial charge is 0.478 e. The zero-order valence-corrected chi connectivity index (χ0v) is 16.7. The summed E-state index contributed by atoms with van der Waals surface area (Å²) in [5, 5.41) is 1.12. The van der Waals surface area contributed by atoms with E-state index in [0.717, 1.165) is 49.4 Å². The lowest BCUT2D eigenvalue weighted by Crippen LogP contribution is -2.04. The quantitative estimate of drug-likeness (QED) is 0.235. The zero-order valence-electron chi connectivity index (χ0n) is 16.7. The zero-order chi connectivity index (χ0) is 20.0. The number of rotatable bonds is 13. The van der Waals surface area contributed by atoms with E-state index in [1.807, 2.05) is 36.4 Å². The lowest BCUT2D eigenvalue weighted by atomic mass is 10.1. The molecule has 0 unspecified atom stereocenters. The van der Waals surface area contributed by atoms with Crippen molar-refractivity contribution in [3.05, 3.63) is 48.3 Å². The van der Waals surface area contributed by atoms with E-state index < -0.39 is 11.8 Å². The van der Waals surface area contributed by atoms with Crippen molar-refractivity contribution >= 4 is 16.9 Å². The van der Waals surface area contributed by atoms with Gasteiger partial charge in [-0.1, -0.05) is 50.3 Å². The Morgan fingerprint density at radius 2 is 1.71 bits per heavy atom. The molecule has 0 N–H and O–H groups in total. The van der Waals surface area contributed by atoms with Crippen molar-refractivity contribution in [2.45, 2.75) is 58.3 Å². The predicted octanol–water partition coefficient (Wildman–Crippen LogP) is 6.15. The van der Waals surface area contributed by atoms with Crippen LogP contribution in [0.4, 0.5) is 4.39 Å². The Morgan fingerprint density at radius 1 is 1.00 bits per heavy atom. The molecule has 0 fully saturated rings. The average molecular weight is 387 g/mol. The molecule has 1 aromatic carbocycles. The number of allylic oxidation sites excluding steroid dienone is 1. The molecule has 0 aliphatic carbocycles. The number of halogens is 1. The van der Waals surface area contributed by atoms with Crippen molar-refractivity contribution in [3.8, 4) is 5.88 Å². The minimum atomic E-state index is -0.858. The van der Waals surface area contributed by atoms with Gasteiger partial charge >= 0.3 is 5.97 Å². The fourth-order valence-corrected chi connectivity index (χ4v) is 2.95. The highest BCUT2D eigenvalue weighted by atomic mass is 19.1. The molecule has 0 saturated carbocycles. The Balaban J connectivity index is 1.46. The number of ether oxygens (including phenoxy) is 2. The Hall–Kier alpha value is -2.43. The molecule has 0 saturated heterocycles. The number of hydrogen-bond donors (Lipinski definition) is 0.